The summed E-state index contributed by atoms with van der Waals surface area (Å²) in [5, 5.41) is 1.14. The molecule has 0 fully saturated rings. The van der Waals surface area contributed by atoms with Crippen LogP contribution in [-0.4, -0.2) is 9.62 Å². The Bertz CT molecular complexity index is 76.5. The molecule has 0 N–H and O–H groups in total. The summed E-state index contributed by atoms with van der Waals surface area (Å²) in [5.41, 5.74) is 0. The number of hydrogen-bond acceptors (Lipinski definition) is 0. The van der Waals surface area contributed by atoms with Crippen molar-refractivity contribution in [1.82, 2.24) is 0 Å². The quantitative estimate of drug-likeness (QED) is 0.473. The molecule has 0 rings (SSSR count). The van der Waals surface area contributed by atoms with E-state index in [0.29, 0.717) is 0 Å². The minimum Gasteiger partial charge on any atom is -0.110 e. The molecule has 0 aromatic rings. The number of unbranched alkanes of at least 4 members (excludes halogenated alkanes) is 4. The van der Waals surface area contributed by atoms with Crippen LogP contribution >= 0.6 is 43.5 Å². The zero-order chi connectivity index (χ0) is 8.53. The van der Waals surface area contributed by atoms with Gasteiger partial charge in [0.25, 0.3) is 0 Å². The normalized spacial score (nSPS) is 13.4. The topological polar surface area (TPSA) is 0 Å². The van der Waals surface area contributed by atoms with Gasteiger partial charge in [0, 0.05) is 5.33 Å². The molecule has 0 spiro atoms. The molecule has 11 heavy (non-hydrogen) atoms. The zero-order valence-electron chi connectivity index (χ0n) is 6.66. The molecular formula is C8H15Br2Cl. The van der Waals surface area contributed by atoms with Crippen LogP contribution in [0.1, 0.15) is 38.5 Å². The molecule has 0 radical (unpaired) electrons. The average molecular weight is 306 g/mol. The highest BCUT2D eigenvalue weighted by Gasteiger charge is 1.96. The van der Waals surface area contributed by atoms with Crippen LogP contribution in [-0.2, 0) is 0 Å². The van der Waals surface area contributed by atoms with Crippen molar-refractivity contribution in [2.75, 3.05) is 5.33 Å². The van der Waals surface area contributed by atoms with Gasteiger partial charge in [0.05, 0.1) is 4.29 Å². The van der Waals surface area contributed by atoms with Gasteiger partial charge in [0.2, 0.25) is 0 Å². The van der Waals surface area contributed by atoms with Gasteiger partial charge in [-0.2, -0.15) is 0 Å². The van der Waals surface area contributed by atoms with Gasteiger partial charge in [-0.05, 0) is 12.8 Å². The minimum atomic E-state index is 0.179. The lowest BCUT2D eigenvalue weighted by atomic mass is 10.1. The summed E-state index contributed by atoms with van der Waals surface area (Å²) in [6, 6.07) is 0. The SMILES string of the molecule is ClC(Br)CCCCCCCBr. The number of alkyl halides is 3. The Morgan fingerprint density at radius 1 is 1.00 bits per heavy atom. The molecule has 0 aromatic carbocycles. The maximum absolute atomic E-state index is 5.73. The van der Waals surface area contributed by atoms with E-state index in [4.69, 9.17) is 11.6 Å². The fourth-order valence-corrected chi connectivity index (χ4v) is 1.80. The molecule has 0 aliphatic heterocycles. The third-order valence-electron chi connectivity index (χ3n) is 1.56. The molecule has 0 amide bonds. The van der Waals surface area contributed by atoms with Gasteiger partial charge < -0.3 is 0 Å². The van der Waals surface area contributed by atoms with E-state index in [1.165, 1.54) is 32.1 Å². The molecule has 0 bridgehead atoms. The first-order valence-electron chi connectivity index (χ1n) is 4.11. The van der Waals surface area contributed by atoms with Crippen molar-refractivity contribution in [3.63, 3.8) is 0 Å². The second kappa shape index (κ2) is 9.34. The summed E-state index contributed by atoms with van der Waals surface area (Å²) in [6.07, 6.45) is 7.67. The first-order chi connectivity index (χ1) is 5.27. The van der Waals surface area contributed by atoms with E-state index in [0.717, 1.165) is 11.8 Å². The fraction of sp³-hybridized carbons (Fsp3) is 1.00. The van der Waals surface area contributed by atoms with Crippen molar-refractivity contribution in [1.29, 1.82) is 0 Å². The predicted octanol–water partition coefficient (Wildman–Crippen LogP) is 4.68. The van der Waals surface area contributed by atoms with Crippen LogP contribution in [0.15, 0.2) is 0 Å². The van der Waals surface area contributed by atoms with Crippen LogP contribution in [0.3, 0.4) is 0 Å². The van der Waals surface area contributed by atoms with Crippen molar-refractivity contribution in [2.45, 2.75) is 42.8 Å². The highest BCUT2D eigenvalue weighted by atomic mass is 79.9. The van der Waals surface area contributed by atoms with Crippen LogP contribution in [0.25, 0.3) is 0 Å². The van der Waals surface area contributed by atoms with Crippen LogP contribution in [0.2, 0.25) is 0 Å². The third-order valence-corrected chi connectivity index (χ3v) is 2.79. The van der Waals surface area contributed by atoms with Crippen LogP contribution < -0.4 is 0 Å². The summed E-state index contributed by atoms with van der Waals surface area (Å²) < 4.78 is 0.179. The van der Waals surface area contributed by atoms with E-state index in [1.807, 2.05) is 0 Å². The van der Waals surface area contributed by atoms with Crippen molar-refractivity contribution in [3.05, 3.63) is 0 Å². The minimum absolute atomic E-state index is 0.179. The van der Waals surface area contributed by atoms with Gasteiger partial charge in [0.1, 0.15) is 0 Å². The third kappa shape index (κ3) is 11.2. The zero-order valence-corrected chi connectivity index (χ0v) is 10.6. The maximum Gasteiger partial charge on any atom is 0.0886 e. The average Bonchev–Trinajstić information content (AvgIpc) is 1.96. The van der Waals surface area contributed by atoms with Crippen molar-refractivity contribution >= 4 is 43.5 Å². The van der Waals surface area contributed by atoms with Crippen LogP contribution in [0.4, 0.5) is 0 Å². The van der Waals surface area contributed by atoms with E-state index < -0.39 is 0 Å². The summed E-state index contributed by atoms with van der Waals surface area (Å²) in [6.45, 7) is 0. The number of hydrogen-bond donors (Lipinski definition) is 0. The summed E-state index contributed by atoms with van der Waals surface area (Å²) in [5.74, 6) is 0. The molecule has 68 valence electrons. The first kappa shape index (κ1) is 12.2. The highest BCUT2D eigenvalue weighted by Crippen LogP contribution is 2.15. The molecular weight excluding hydrogens is 291 g/mol. The van der Waals surface area contributed by atoms with Gasteiger partial charge in [-0.25, -0.2) is 0 Å². The fourth-order valence-electron chi connectivity index (χ4n) is 0.923. The standard InChI is InChI=1S/C8H15Br2Cl/c9-7-5-3-1-2-4-6-8(10)11/h8H,1-7H2. The van der Waals surface area contributed by atoms with Gasteiger partial charge >= 0.3 is 0 Å². The lowest BCUT2D eigenvalue weighted by Crippen LogP contribution is -1.86. The molecule has 0 aromatic heterocycles. The molecule has 0 aliphatic rings. The molecule has 0 saturated carbocycles. The van der Waals surface area contributed by atoms with Crippen molar-refractivity contribution in [2.24, 2.45) is 0 Å². The Morgan fingerprint density at radius 2 is 1.55 bits per heavy atom. The van der Waals surface area contributed by atoms with Gasteiger partial charge in [0.15, 0.2) is 0 Å². The van der Waals surface area contributed by atoms with E-state index >= 15 is 0 Å². The molecule has 0 saturated heterocycles. The predicted molar refractivity (Wildman–Crippen MR) is 60.1 cm³/mol. The maximum atomic E-state index is 5.73. The van der Waals surface area contributed by atoms with Gasteiger partial charge in [-0.3, -0.25) is 0 Å². The molecule has 1 atom stereocenters. The first-order valence-corrected chi connectivity index (χ1v) is 6.59. The summed E-state index contributed by atoms with van der Waals surface area (Å²) in [7, 11) is 0. The van der Waals surface area contributed by atoms with Gasteiger partial charge in [-0.1, -0.05) is 57.5 Å². The summed E-state index contributed by atoms with van der Waals surface area (Å²) in [4.78, 5) is 0. The monoisotopic (exact) mass is 304 g/mol. The number of rotatable bonds is 7. The molecule has 3 heteroatoms. The molecule has 0 heterocycles. The van der Waals surface area contributed by atoms with Crippen molar-refractivity contribution < 1.29 is 0 Å². The van der Waals surface area contributed by atoms with Crippen LogP contribution in [0.5, 0.6) is 0 Å². The van der Waals surface area contributed by atoms with E-state index in [-0.39, 0.29) is 4.29 Å². The van der Waals surface area contributed by atoms with Crippen LogP contribution in [0, 0.1) is 0 Å². The Morgan fingerprint density at radius 3 is 2.09 bits per heavy atom. The van der Waals surface area contributed by atoms with Gasteiger partial charge in [-0.15, -0.1) is 11.6 Å². The Balaban J connectivity index is 2.80. The lowest BCUT2D eigenvalue weighted by molar-refractivity contribution is 0.625. The molecule has 0 aliphatic carbocycles. The summed E-state index contributed by atoms with van der Waals surface area (Å²) >= 11 is 12.5. The smallest absolute Gasteiger partial charge is 0.0886 e. The number of halogens is 3. The van der Waals surface area contributed by atoms with Crippen molar-refractivity contribution in [3.8, 4) is 0 Å². The highest BCUT2D eigenvalue weighted by molar-refractivity contribution is 9.10. The second-order valence-corrected chi connectivity index (χ2v) is 5.59. The largest absolute Gasteiger partial charge is 0.110 e. The second-order valence-electron chi connectivity index (χ2n) is 2.64. The molecule has 1 unspecified atom stereocenters. The Kier molecular flexibility index (Phi) is 10.4. The lowest BCUT2D eigenvalue weighted by Gasteiger charge is -2.00. The Hall–Kier alpha value is 1.25. The van der Waals surface area contributed by atoms with E-state index in [1.54, 1.807) is 0 Å². The van der Waals surface area contributed by atoms with E-state index in [9.17, 15) is 0 Å². The van der Waals surface area contributed by atoms with E-state index in [2.05, 4.69) is 31.9 Å². The molecule has 0 nitrogen and oxygen atoms in total. The Labute approximate surface area is 91.3 Å².